The molecule has 1 N–H and O–H groups in total. The molecule has 23 heavy (non-hydrogen) atoms. The van der Waals surface area contributed by atoms with Gasteiger partial charge in [0.25, 0.3) is 0 Å². The molecule has 7 heteroatoms. The molecule has 0 fully saturated rings. The number of amides is 1. The molecule has 0 saturated carbocycles. The molecule has 2 rings (SSSR count). The minimum atomic E-state index is -0.508. The summed E-state index contributed by atoms with van der Waals surface area (Å²) in [5.74, 6) is -0.635. The zero-order valence-electron chi connectivity index (χ0n) is 12.1. The van der Waals surface area contributed by atoms with E-state index in [4.69, 9.17) is 23.2 Å². The maximum atomic E-state index is 12.1. The zero-order valence-corrected chi connectivity index (χ0v) is 14.5. The second kappa shape index (κ2) is 8.24. The van der Waals surface area contributed by atoms with Crippen LogP contribution in [0.15, 0.2) is 47.4 Å². The molecule has 0 atom stereocenters. The molecular formula is C16H13Cl2NO3S. The van der Waals surface area contributed by atoms with E-state index >= 15 is 0 Å². The number of ether oxygens (including phenoxy) is 1. The molecule has 0 bridgehead atoms. The number of halogens is 2. The van der Waals surface area contributed by atoms with Crippen LogP contribution >= 0.6 is 35.0 Å². The van der Waals surface area contributed by atoms with Crippen molar-refractivity contribution in [2.24, 2.45) is 0 Å². The van der Waals surface area contributed by atoms with Crippen molar-refractivity contribution in [1.29, 1.82) is 0 Å². The maximum absolute atomic E-state index is 12.1. The van der Waals surface area contributed by atoms with Crippen molar-refractivity contribution in [3.63, 3.8) is 0 Å². The molecule has 120 valence electrons. The molecule has 0 aliphatic rings. The van der Waals surface area contributed by atoms with Crippen molar-refractivity contribution in [1.82, 2.24) is 0 Å². The lowest BCUT2D eigenvalue weighted by Crippen LogP contribution is -2.17. The molecule has 0 spiro atoms. The number of esters is 1. The fourth-order valence-electron chi connectivity index (χ4n) is 1.80. The van der Waals surface area contributed by atoms with E-state index in [1.807, 2.05) is 0 Å². The molecular weight excluding hydrogens is 357 g/mol. The summed E-state index contributed by atoms with van der Waals surface area (Å²) in [7, 11) is 1.29. The Hall–Kier alpha value is -1.69. The summed E-state index contributed by atoms with van der Waals surface area (Å²) in [6, 6.07) is 11.7. The summed E-state index contributed by atoms with van der Waals surface area (Å²) in [4.78, 5) is 24.5. The SMILES string of the molecule is COC(=O)c1ccccc1NC(=O)CSc1cc(Cl)ccc1Cl. The average Bonchev–Trinajstić information content (AvgIpc) is 2.55. The largest absolute Gasteiger partial charge is 0.465 e. The molecule has 0 aliphatic carbocycles. The Bertz CT molecular complexity index is 737. The topological polar surface area (TPSA) is 55.4 Å². The highest BCUT2D eigenvalue weighted by Crippen LogP contribution is 2.30. The van der Waals surface area contributed by atoms with Gasteiger partial charge >= 0.3 is 5.97 Å². The number of thioether (sulfide) groups is 1. The van der Waals surface area contributed by atoms with Gasteiger partial charge in [0, 0.05) is 9.92 Å². The van der Waals surface area contributed by atoms with E-state index in [0.717, 1.165) is 4.90 Å². The van der Waals surface area contributed by atoms with Gasteiger partial charge in [0.1, 0.15) is 0 Å². The van der Waals surface area contributed by atoms with Gasteiger partial charge in [-0.25, -0.2) is 4.79 Å². The molecule has 2 aromatic carbocycles. The van der Waals surface area contributed by atoms with Crippen LogP contribution in [0.25, 0.3) is 0 Å². The van der Waals surface area contributed by atoms with Gasteiger partial charge in [0.05, 0.1) is 29.1 Å². The number of rotatable bonds is 5. The van der Waals surface area contributed by atoms with Crippen LogP contribution in [0.3, 0.4) is 0 Å². The quantitative estimate of drug-likeness (QED) is 0.622. The van der Waals surface area contributed by atoms with E-state index in [2.05, 4.69) is 10.1 Å². The lowest BCUT2D eigenvalue weighted by molar-refractivity contribution is -0.113. The third-order valence-corrected chi connectivity index (χ3v) is 4.59. The third-order valence-electron chi connectivity index (χ3n) is 2.86. The highest BCUT2D eigenvalue weighted by Gasteiger charge is 2.13. The molecule has 0 saturated heterocycles. The summed E-state index contributed by atoms with van der Waals surface area (Å²) >= 11 is 13.2. The molecule has 1 amide bonds. The van der Waals surface area contributed by atoms with Gasteiger partial charge in [-0.05, 0) is 30.3 Å². The van der Waals surface area contributed by atoms with Crippen molar-refractivity contribution in [2.75, 3.05) is 18.2 Å². The number of nitrogens with one attached hydrogen (secondary N) is 1. The van der Waals surface area contributed by atoms with Gasteiger partial charge in [-0.15, -0.1) is 11.8 Å². The third kappa shape index (κ3) is 4.89. The van der Waals surface area contributed by atoms with E-state index < -0.39 is 5.97 Å². The van der Waals surface area contributed by atoms with Crippen LogP contribution < -0.4 is 5.32 Å². The highest BCUT2D eigenvalue weighted by molar-refractivity contribution is 8.00. The first-order valence-electron chi connectivity index (χ1n) is 6.56. The second-order valence-electron chi connectivity index (χ2n) is 4.45. The molecule has 2 aromatic rings. The number of hydrogen-bond donors (Lipinski definition) is 1. The predicted octanol–water partition coefficient (Wildman–Crippen LogP) is 4.51. The Morgan fingerprint density at radius 1 is 1.17 bits per heavy atom. The maximum Gasteiger partial charge on any atom is 0.339 e. The van der Waals surface area contributed by atoms with E-state index in [0.29, 0.717) is 21.3 Å². The lowest BCUT2D eigenvalue weighted by Gasteiger charge is -2.10. The van der Waals surface area contributed by atoms with Gasteiger partial charge in [-0.1, -0.05) is 35.3 Å². The Labute approximate surface area is 148 Å². The normalized spacial score (nSPS) is 10.2. The standard InChI is InChI=1S/C16H13Cl2NO3S/c1-22-16(21)11-4-2-3-5-13(11)19-15(20)9-23-14-8-10(17)6-7-12(14)18/h2-8H,9H2,1H3,(H,19,20). The van der Waals surface area contributed by atoms with Crippen LogP contribution in [0.4, 0.5) is 5.69 Å². The molecule has 4 nitrogen and oxygen atoms in total. The number of benzene rings is 2. The van der Waals surface area contributed by atoms with Crippen LogP contribution in [0, 0.1) is 0 Å². The van der Waals surface area contributed by atoms with Crippen molar-refractivity contribution < 1.29 is 14.3 Å². The Balaban J connectivity index is 2.03. The monoisotopic (exact) mass is 369 g/mol. The van der Waals surface area contributed by atoms with Gasteiger partial charge in [0.2, 0.25) is 5.91 Å². The van der Waals surface area contributed by atoms with Gasteiger partial charge in [-0.3, -0.25) is 4.79 Å². The van der Waals surface area contributed by atoms with Crippen LogP contribution in [0.2, 0.25) is 10.0 Å². The van der Waals surface area contributed by atoms with Crippen LogP contribution in [-0.2, 0) is 9.53 Å². The zero-order chi connectivity index (χ0) is 16.8. The smallest absolute Gasteiger partial charge is 0.339 e. The first kappa shape index (κ1) is 17.7. The summed E-state index contributed by atoms with van der Waals surface area (Å²) in [5.41, 5.74) is 0.705. The van der Waals surface area contributed by atoms with Crippen molar-refractivity contribution in [2.45, 2.75) is 4.90 Å². The number of carbonyl (C=O) groups excluding carboxylic acids is 2. The molecule has 0 radical (unpaired) electrons. The van der Waals surface area contributed by atoms with Crippen LogP contribution in [0.5, 0.6) is 0 Å². The number of methoxy groups -OCH3 is 1. The average molecular weight is 370 g/mol. The van der Waals surface area contributed by atoms with Crippen LogP contribution in [0.1, 0.15) is 10.4 Å². The summed E-state index contributed by atoms with van der Waals surface area (Å²) in [6.45, 7) is 0. The first-order chi connectivity index (χ1) is 11.0. The van der Waals surface area contributed by atoms with E-state index in [-0.39, 0.29) is 11.7 Å². The minimum Gasteiger partial charge on any atom is -0.465 e. The van der Waals surface area contributed by atoms with E-state index in [1.54, 1.807) is 42.5 Å². The molecule has 0 unspecified atom stereocenters. The minimum absolute atomic E-state index is 0.134. The fourth-order valence-corrected chi connectivity index (χ4v) is 3.09. The van der Waals surface area contributed by atoms with Crippen molar-refractivity contribution in [3.8, 4) is 0 Å². The molecule has 0 heterocycles. The Morgan fingerprint density at radius 2 is 1.91 bits per heavy atom. The Morgan fingerprint density at radius 3 is 2.65 bits per heavy atom. The fraction of sp³-hybridized carbons (Fsp3) is 0.125. The van der Waals surface area contributed by atoms with Crippen molar-refractivity contribution in [3.05, 3.63) is 58.1 Å². The predicted molar refractivity (Wildman–Crippen MR) is 93.6 cm³/mol. The number of anilines is 1. The molecule has 0 aromatic heterocycles. The number of hydrogen-bond acceptors (Lipinski definition) is 4. The second-order valence-corrected chi connectivity index (χ2v) is 6.31. The highest BCUT2D eigenvalue weighted by atomic mass is 35.5. The van der Waals surface area contributed by atoms with Crippen molar-refractivity contribution >= 4 is 52.5 Å². The summed E-state index contributed by atoms with van der Waals surface area (Å²) < 4.78 is 4.69. The van der Waals surface area contributed by atoms with Gasteiger partial charge in [-0.2, -0.15) is 0 Å². The first-order valence-corrected chi connectivity index (χ1v) is 8.30. The lowest BCUT2D eigenvalue weighted by atomic mass is 10.2. The number of carbonyl (C=O) groups is 2. The van der Waals surface area contributed by atoms with Gasteiger partial charge < -0.3 is 10.1 Å². The molecule has 0 aliphatic heterocycles. The van der Waals surface area contributed by atoms with Crippen LogP contribution in [-0.4, -0.2) is 24.7 Å². The Kier molecular flexibility index (Phi) is 6.33. The van der Waals surface area contributed by atoms with E-state index in [9.17, 15) is 9.59 Å². The van der Waals surface area contributed by atoms with Gasteiger partial charge in [0.15, 0.2) is 0 Å². The number of para-hydroxylation sites is 1. The summed E-state index contributed by atoms with van der Waals surface area (Å²) in [6.07, 6.45) is 0. The summed E-state index contributed by atoms with van der Waals surface area (Å²) in [5, 5.41) is 3.77. The van der Waals surface area contributed by atoms with E-state index in [1.165, 1.54) is 18.9 Å².